The van der Waals surface area contributed by atoms with E-state index in [1.165, 1.54) is 0 Å². The van der Waals surface area contributed by atoms with Crippen molar-refractivity contribution in [2.24, 2.45) is 0 Å². The third-order valence-electron chi connectivity index (χ3n) is 1.24. The molecule has 0 spiro atoms. The zero-order valence-corrected chi connectivity index (χ0v) is 7.26. The summed E-state index contributed by atoms with van der Waals surface area (Å²) < 4.78 is 9.89. The fourth-order valence-corrected chi connectivity index (χ4v) is 0.440. The first-order chi connectivity index (χ1) is 5.27. The van der Waals surface area contributed by atoms with E-state index in [1.54, 1.807) is 6.92 Å². The molecule has 0 aromatic carbocycles. The lowest BCUT2D eigenvalue weighted by atomic mass is 10.4. The molecule has 1 aliphatic rings. The standard InChI is InChI=1S/C4H8O2.C4H8O/c1-2-6-4-3-5-1;1-3-4(2)5/h1-4H2;3H2,1-2H3. The van der Waals surface area contributed by atoms with E-state index < -0.39 is 0 Å². The third-order valence-corrected chi connectivity index (χ3v) is 1.24. The summed E-state index contributed by atoms with van der Waals surface area (Å²) in [6.07, 6.45) is 0.667. The van der Waals surface area contributed by atoms with Gasteiger partial charge in [-0.25, -0.2) is 0 Å². The fourth-order valence-electron chi connectivity index (χ4n) is 0.440. The summed E-state index contributed by atoms with van der Waals surface area (Å²) in [7, 11) is 0. The van der Waals surface area contributed by atoms with Gasteiger partial charge in [-0.05, 0) is 6.92 Å². The van der Waals surface area contributed by atoms with Crippen LogP contribution in [0.2, 0.25) is 0 Å². The molecule has 11 heavy (non-hydrogen) atoms. The molecular formula is C8H16O3. The number of ether oxygens (including phenoxy) is 2. The Kier molecular flexibility index (Phi) is 7.41. The van der Waals surface area contributed by atoms with Gasteiger partial charge in [0.25, 0.3) is 0 Å². The van der Waals surface area contributed by atoms with Crippen molar-refractivity contribution in [2.45, 2.75) is 20.3 Å². The van der Waals surface area contributed by atoms with E-state index in [-0.39, 0.29) is 5.78 Å². The van der Waals surface area contributed by atoms with Crippen molar-refractivity contribution >= 4 is 5.78 Å². The molecule has 1 saturated heterocycles. The van der Waals surface area contributed by atoms with Crippen LogP contribution in [0.1, 0.15) is 20.3 Å². The molecule has 0 aliphatic carbocycles. The Morgan fingerprint density at radius 3 is 1.55 bits per heavy atom. The first-order valence-corrected chi connectivity index (χ1v) is 3.92. The lowest BCUT2D eigenvalue weighted by Crippen LogP contribution is -2.16. The van der Waals surface area contributed by atoms with E-state index >= 15 is 0 Å². The maximum absolute atomic E-state index is 9.81. The van der Waals surface area contributed by atoms with Gasteiger partial charge in [0, 0.05) is 6.42 Å². The van der Waals surface area contributed by atoms with Crippen LogP contribution in [0.5, 0.6) is 0 Å². The van der Waals surface area contributed by atoms with E-state index in [1.807, 2.05) is 6.92 Å². The molecule has 1 fully saturated rings. The van der Waals surface area contributed by atoms with E-state index in [2.05, 4.69) is 0 Å². The minimum absolute atomic E-state index is 0.255. The van der Waals surface area contributed by atoms with Crippen LogP contribution in [-0.2, 0) is 14.3 Å². The molecule has 66 valence electrons. The Morgan fingerprint density at radius 2 is 1.45 bits per heavy atom. The average molecular weight is 160 g/mol. The summed E-state index contributed by atoms with van der Waals surface area (Å²) in [5.41, 5.74) is 0. The van der Waals surface area contributed by atoms with Crippen molar-refractivity contribution in [3.63, 3.8) is 0 Å². The van der Waals surface area contributed by atoms with Gasteiger partial charge < -0.3 is 14.3 Å². The number of carbonyl (C=O) groups is 1. The normalized spacial score (nSPS) is 16.5. The molecule has 1 rings (SSSR count). The van der Waals surface area contributed by atoms with Crippen molar-refractivity contribution in [1.82, 2.24) is 0 Å². The maximum atomic E-state index is 9.81. The van der Waals surface area contributed by atoms with Crippen LogP contribution in [0.15, 0.2) is 0 Å². The Labute approximate surface area is 67.7 Å². The number of rotatable bonds is 1. The summed E-state index contributed by atoms with van der Waals surface area (Å²) in [5, 5.41) is 0. The molecule has 3 nitrogen and oxygen atoms in total. The summed E-state index contributed by atoms with van der Waals surface area (Å²) in [6.45, 7) is 6.54. The van der Waals surface area contributed by atoms with Crippen LogP contribution >= 0.6 is 0 Å². The molecule has 0 saturated carbocycles. The van der Waals surface area contributed by atoms with Gasteiger partial charge >= 0.3 is 0 Å². The predicted octanol–water partition coefficient (Wildman–Crippen LogP) is 1.02. The summed E-state index contributed by atoms with van der Waals surface area (Å²) in [5.74, 6) is 0.255. The van der Waals surface area contributed by atoms with Gasteiger partial charge in [-0.15, -0.1) is 0 Å². The molecule has 0 aromatic heterocycles. The molecule has 0 N–H and O–H groups in total. The van der Waals surface area contributed by atoms with E-state index in [0.717, 1.165) is 26.4 Å². The molecule has 3 heteroatoms. The van der Waals surface area contributed by atoms with E-state index in [4.69, 9.17) is 9.47 Å². The first-order valence-electron chi connectivity index (χ1n) is 3.92. The highest BCUT2D eigenvalue weighted by molar-refractivity contribution is 5.74. The highest BCUT2D eigenvalue weighted by Crippen LogP contribution is 1.85. The average Bonchev–Trinajstić information content (AvgIpc) is 2.09. The molecule has 0 atom stereocenters. The summed E-state index contributed by atoms with van der Waals surface area (Å²) in [4.78, 5) is 9.81. The van der Waals surface area contributed by atoms with Crippen LogP contribution in [0, 0.1) is 0 Å². The molecule has 1 aliphatic heterocycles. The summed E-state index contributed by atoms with van der Waals surface area (Å²) >= 11 is 0. The molecule has 0 amide bonds. The topological polar surface area (TPSA) is 35.5 Å². The second kappa shape index (κ2) is 7.69. The van der Waals surface area contributed by atoms with Crippen LogP contribution in [0.4, 0.5) is 0 Å². The van der Waals surface area contributed by atoms with Gasteiger partial charge in [-0.1, -0.05) is 6.92 Å². The van der Waals surface area contributed by atoms with Gasteiger partial charge in [-0.2, -0.15) is 0 Å². The Bertz CT molecular complexity index is 86.0. The second-order valence-electron chi connectivity index (χ2n) is 2.28. The number of ketones is 1. The Morgan fingerprint density at radius 1 is 1.18 bits per heavy atom. The molecule has 0 aromatic rings. The minimum Gasteiger partial charge on any atom is -0.377 e. The Balaban J connectivity index is 0.000000187. The first kappa shape index (κ1) is 10.6. The van der Waals surface area contributed by atoms with E-state index in [9.17, 15) is 4.79 Å². The monoisotopic (exact) mass is 160 g/mol. The number of hydrogen-bond donors (Lipinski definition) is 0. The SMILES string of the molecule is C1COCCO1.CCC(C)=O. The van der Waals surface area contributed by atoms with Crippen LogP contribution < -0.4 is 0 Å². The van der Waals surface area contributed by atoms with Crippen molar-refractivity contribution < 1.29 is 14.3 Å². The number of hydrogen-bond acceptors (Lipinski definition) is 3. The highest BCUT2D eigenvalue weighted by Gasteiger charge is 1.94. The largest absolute Gasteiger partial charge is 0.377 e. The van der Waals surface area contributed by atoms with Gasteiger partial charge in [-0.3, -0.25) is 0 Å². The van der Waals surface area contributed by atoms with Crippen molar-refractivity contribution in [3.8, 4) is 0 Å². The fraction of sp³-hybridized carbons (Fsp3) is 0.875. The highest BCUT2D eigenvalue weighted by atomic mass is 16.6. The second-order valence-corrected chi connectivity index (χ2v) is 2.28. The van der Waals surface area contributed by atoms with Crippen LogP contribution in [0.25, 0.3) is 0 Å². The minimum atomic E-state index is 0.255. The molecule has 1 heterocycles. The van der Waals surface area contributed by atoms with Gasteiger partial charge in [0.2, 0.25) is 0 Å². The van der Waals surface area contributed by atoms with Crippen LogP contribution in [-0.4, -0.2) is 32.2 Å². The van der Waals surface area contributed by atoms with Gasteiger partial charge in [0.15, 0.2) is 0 Å². The predicted molar refractivity (Wildman–Crippen MR) is 42.6 cm³/mol. The maximum Gasteiger partial charge on any atom is 0.129 e. The lowest BCUT2D eigenvalue weighted by Gasteiger charge is -2.09. The molecule has 0 bridgehead atoms. The molecular weight excluding hydrogens is 144 g/mol. The lowest BCUT2D eigenvalue weighted by molar-refractivity contribution is -0.116. The van der Waals surface area contributed by atoms with Crippen molar-refractivity contribution in [3.05, 3.63) is 0 Å². The van der Waals surface area contributed by atoms with Gasteiger partial charge in [0.05, 0.1) is 26.4 Å². The zero-order valence-electron chi connectivity index (χ0n) is 7.26. The zero-order chi connectivity index (χ0) is 8.53. The molecule has 0 radical (unpaired) electrons. The van der Waals surface area contributed by atoms with E-state index in [0.29, 0.717) is 6.42 Å². The van der Waals surface area contributed by atoms with Crippen molar-refractivity contribution in [2.75, 3.05) is 26.4 Å². The molecule has 0 unspecified atom stereocenters. The van der Waals surface area contributed by atoms with Crippen LogP contribution in [0.3, 0.4) is 0 Å². The number of Topliss-reactive ketones (excluding diaryl/α,β-unsaturated/α-hetero) is 1. The Hall–Kier alpha value is -0.410. The quantitative estimate of drug-likeness (QED) is 0.574. The summed E-state index contributed by atoms with van der Waals surface area (Å²) in [6, 6.07) is 0. The number of carbonyl (C=O) groups excluding carboxylic acids is 1. The smallest absolute Gasteiger partial charge is 0.129 e. The van der Waals surface area contributed by atoms with Gasteiger partial charge in [0.1, 0.15) is 5.78 Å². The third kappa shape index (κ3) is 9.59. The van der Waals surface area contributed by atoms with Crippen molar-refractivity contribution in [1.29, 1.82) is 0 Å².